The Bertz CT molecular complexity index is 1020. The Kier molecular flexibility index (Phi) is 7.11. The van der Waals surface area contributed by atoms with E-state index in [1.165, 1.54) is 0 Å². The number of hydrogen-bond donors (Lipinski definition) is 3. The summed E-state index contributed by atoms with van der Waals surface area (Å²) < 4.78 is 21.5. The smallest absolute Gasteiger partial charge is 0.251 e. The second-order valence-corrected chi connectivity index (χ2v) is 7.68. The number of methoxy groups -OCH3 is 1. The second kappa shape index (κ2) is 10.4. The molecule has 2 aromatic carbocycles. The Morgan fingerprint density at radius 1 is 1.09 bits per heavy atom. The number of aliphatic hydroxyl groups excluding tert-OH is 1. The fraction of sp³-hybridized carbons (Fsp3) is 0.333. The van der Waals surface area contributed by atoms with Gasteiger partial charge in [0.25, 0.3) is 5.91 Å². The summed E-state index contributed by atoms with van der Waals surface area (Å²) in [5.41, 5.74) is 1.35. The molecule has 0 aliphatic carbocycles. The van der Waals surface area contributed by atoms with Crippen LogP contribution in [0.25, 0.3) is 0 Å². The zero-order valence-corrected chi connectivity index (χ0v) is 18.2. The lowest BCUT2D eigenvalue weighted by molar-refractivity contribution is -0.125. The largest absolute Gasteiger partial charge is 0.497 e. The SMILES string of the molecule is COc1ccc(CNC(=O)C[C@H]2C=C[C@@H](NC(=O)c3ccc4c(c3)OCO4)[C@@H](CO)O2)cc1. The average Bonchev–Trinajstić information content (AvgIpc) is 3.32. The van der Waals surface area contributed by atoms with Gasteiger partial charge < -0.3 is 34.7 Å². The first-order chi connectivity index (χ1) is 16.1. The van der Waals surface area contributed by atoms with E-state index in [-0.39, 0.29) is 31.6 Å². The summed E-state index contributed by atoms with van der Waals surface area (Å²) in [7, 11) is 1.60. The number of hydrogen-bond acceptors (Lipinski definition) is 7. The minimum absolute atomic E-state index is 0.103. The lowest BCUT2D eigenvalue weighted by Crippen LogP contribution is -2.49. The standard InChI is InChI=1S/C24H26N2O7/c1-30-17-5-2-15(3-6-17)12-25-23(28)11-18-7-8-19(22(13-27)33-18)26-24(29)16-4-9-20-21(10-16)32-14-31-20/h2-10,18-19,22,27H,11-14H2,1H3,(H,25,28)(H,26,29)/t18-,19-,22-/m1/s1. The number of carbonyl (C=O) groups is 2. The molecule has 0 aromatic heterocycles. The highest BCUT2D eigenvalue weighted by molar-refractivity contribution is 5.95. The van der Waals surface area contributed by atoms with Gasteiger partial charge in [-0.05, 0) is 35.9 Å². The van der Waals surface area contributed by atoms with Crippen LogP contribution in [0.3, 0.4) is 0 Å². The molecule has 2 aliphatic heterocycles. The van der Waals surface area contributed by atoms with E-state index in [2.05, 4.69) is 10.6 Å². The van der Waals surface area contributed by atoms with Gasteiger partial charge in [-0.3, -0.25) is 9.59 Å². The molecule has 2 aromatic rings. The summed E-state index contributed by atoms with van der Waals surface area (Å²) in [4.78, 5) is 25.0. The van der Waals surface area contributed by atoms with Crippen LogP contribution in [-0.2, 0) is 16.1 Å². The molecule has 2 heterocycles. The molecule has 3 atom stereocenters. The van der Waals surface area contributed by atoms with Crippen LogP contribution >= 0.6 is 0 Å². The van der Waals surface area contributed by atoms with Gasteiger partial charge in [0, 0.05) is 12.1 Å². The lowest BCUT2D eigenvalue weighted by Gasteiger charge is -2.31. The first kappa shape index (κ1) is 22.6. The zero-order valence-electron chi connectivity index (χ0n) is 18.2. The minimum atomic E-state index is -0.674. The van der Waals surface area contributed by atoms with E-state index < -0.39 is 18.2 Å². The third kappa shape index (κ3) is 5.63. The van der Waals surface area contributed by atoms with Gasteiger partial charge in [0.05, 0.1) is 32.3 Å². The molecule has 0 bridgehead atoms. The monoisotopic (exact) mass is 454 g/mol. The molecule has 2 amide bonds. The maximum atomic E-state index is 12.6. The zero-order chi connectivity index (χ0) is 23.2. The van der Waals surface area contributed by atoms with Gasteiger partial charge in [-0.1, -0.05) is 24.3 Å². The molecule has 4 rings (SSSR count). The Morgan fingerprint density at radius 3 is 2.64 bits per heavy atom. The van der Waals surface area contributed by atoms with Gasteiger partial charge in [-0.15, -0.1) is 0 Å². The molecular formula is C24H26N2O7. The number of aliphatic hydroxyl groups is 1. The fourth-order valence-electron chi connectivity index (χ4n) is 3.61. The van der Waals surface area contributed by atoms with Crippen LogP contribution in [-0.4, -0.2) is 55.7 Å². The highest BCUT2D eigenvalue weighted by Gasteiger charge is 2.29. The Hall–Kier alpha value is -3.56. The molecule has 9 heteroatoms. The maximum absolute atomic E-state index is 12.6. The molecule has 0 unspecified atom stereocenters. The summed E-state index contributed by atoms with van der Waals surface area (Å²) in [5.74, 6) is 1.34. The molecular weight excluding hydrogens is 428 g/mol. The quantitative estimate of drug-likeness (QED) is 0.519. The van der Waals surface area contributed by atoms with Crippen molar-refractivity contribution in [1.82, 2.24) is 10.6 Å². The number of benzene rings is 2. The number of amides is 2. The van der Waals surface area contributed by atoms with E-state index in [0.29, 0.717) is 23.6 Å². The lowest BCUT2D eigenvalue weighted by atomic mass is 10.0. The molecule has 174 valence electrons. The summed E-state index contributed by atoms with van der Waals surface area (Å²) in [6, 6.07) is 11.8. The number of ether oxygens (including phenoxy) is 4. The second-order valence-electron chi connectivity index (χ2n) is 7.68. The minimum Gasteiger partial charge on any atom is -0.497 e. The van der Waals surface area contributed by atoms with Crippen molar-refractivity contribution in [3.05, 3.63) is 65.7 Å². The summed E-state index contributed by atoms with van der Waals surface area (Å²) >= 11 is 0. The molecule has 0 radical (unpaired) electrons. The van der Waals surface area contributed by atoms with Crippen LogP contribution in [0.15, 0.2) is 54.6 Å². The molecule has 33 heavy (non-hydrogen) atoms. The van der Waals surface area contributed by atoms with Crippen LogP contribution in [0, 0.1) is 0 Å². The highest BCUT2D eigenvalue weighted by atomic mass is 16.7. The molecule has 9 nitrogen and oxygen atoms in total. The average molecular weight is 454 g/mol. The van der Waals surface area contributed by atoms with E-state index in [0.717, 1.165) is 11.3 Å². The van der Waals surface area contributed by atoms with E-state index >= 15 is 0 Å². The first-order valence-corrected chi connectivity index (χ1v) is 10.6. The predicted octanol–water partition coefficient (Wildman–Crippen LogP) is 1.54. The number of fused-ring (bicyclic) bond motifs is 1. The van der Waals surface area contributed by atoms with Crippen molar-refractivity contribution in [3.8, 4) is 17.2 Å². The van der Waals surface area contributed by atoms with Crippen LogP contribution in [0.2, 0.25) is 0 Å². The first-order valence-electron chi connectivity index (χ1n) is 10.6. The van der Waals surface area contributed by atoms with Gasteiger partial charge in [-0.25, -0.2) is 0 Å². The van der Waals surface area contributed by atoms with E-state index in [1.807, 2.05) is 24.3 Å². The Balaban J connectivity index is 1.29. The van der Waals surface area contributed by atoms with Crippen LogP contribution in [0.1, 0.15) is 22.3 Å². The van der Waals surface area contributed by atoms with Gasteiger partial charge in [-0.2, -0.15) is 0 Å². The van der Waals surface area contributed by atoms with Crippen molar-refractivity contribution in [2.75, 3.05) is 20.5 Å². The van der Waals surface area contributed by atoms with Crippen LogP contribution in [0.5, 0.6) is 17.2 Å². The molecule has 0 fully saturated rings. The number of rotatable bonds is 8. The Morgan fingerprint density at radius 2 is 1.88 bits per heavy atom. The topological polar surface area (TPSA) is 115 Å². The normalized spacial score (nSPS) is 20.8. The van der Waals surface area contributed by atoms with Crippen molar-refractivity contribution in [2.24, 2.45) is 0 Å². The van der Waals surface area contributed by atoms with Crippen LogP contribution < -0.4 is 24.8 Å². The predicted molar refractivity (Wildman–Crippen MR) is 118 cm³/mol. The van der Waals surface area contributed by atoms with Crippen LogP contribution in [0.4, 0.5) is 0 Å². The van der Waals surface area contributed by atoms with Crippen molar-refractivity contribution in [2.45, 2.75) is 31.2 Å². The summed E-state index contributed by atoms with van der Waals surface area (Å²) in [6.45, 7) is 0.207. The summed E-state index contributed by atoms with van der Waals surface area (Å²) in [6.07, 6.45) is 2.40. The van der Waals surface area contributed by atoms with Gasteiger partial charge >= 0.3 is 0 Å². The maximum Gasteiger partial charge on any atom is 0.251 e. The van der Waals surface area contributed by atoms with Gasteiger partial charge in [0.15, 0.2) is 11.5 Å². The highest BCUT2D eigenvalue weighted by Crippen LogP contribution is 2.32. The molecule has 0 spiro atoms. The van der Waals surface area contributed by atoms with Gasteiger partial charge in [0.2, 0.25) is 12.7 Å². The van der Waals surface area contributed by atoms with Crippen molar-refractivity contribution < 1.29 is 33.6 Å². The Labute approximate surface area is 191 Å². The summed E-state index contributed by atoms with van der Waals surface area (Å²) in [5, 5.41) is 15.5. The number of nitrogens with one attached hydrogen (secondary N) is 2. The third-order valence-corrected chi connectivity index (χ3v) is 5.43. The molecule has 2 aliphatic rings. The van der Waals surface area contributed by atoms with Crippen molar-refractivity contribution >= 4 is 11.8 Å². The molecule has 3 N–H and O–H groups in total. The van der Waals surface area contributed by atoms with E-state index in [9.17, 15) is 14.7 Å². The van der Waals surface area contributed by atoms with Gasteiger partial charge in [0.1, 0.15) is 11.9 Å². The third-order valence-electron chi connectivity index (χ3n) is 5.43. The fourth-order valence-corrected chi connectivity index (χ4v) is 3.61. The van der Waals surface area contributed by atoms with E-state index in [1.54, 1.807) is 37.5 Å². The van der Waals surface area contributed by atoms with Crippen molar-refractivity contribution in [1.29, 1.82) is 0 Å². The van der Waals surface area contributed by atoms with E-state index in [4.69, 9.17) is 18.9 Å². The molecule has 0 saturated heterocycles. The van der Waals surface area contributed by atoms with Crippen molar-refractivity contribution in [3.63, 3.8) is 0 Å². The number of carbonyl (C=O) groups excluding carboxylic acids is 2. The molecule has 0 saturated carbocycles.